The van der Waals surface area contributed by atoms with Crippen LogP contribution < -0.4 is 11.1 Å². The van der Waals surface area contributed by atoms with Gasteiger partial charge in [0.15, 0.2) is 5.82 Å². The summed E-state index contributed by atoms with van der Waals surface area (Å²) in [4.78, 5) is 23.9. The summed E-state index contributed by atoms with van der Waals surface area (Å²) < 4.78 is 2.19. The lowest BCUT2D eigenvalue weighted by Gasteiger charge is -2.12. The lowest BCUT2D eigenvalue weighted by atomic mass is 10.1. The van der Waals surface area contributed by atoms with E-state index in [1.807, 2.05) is 25.1 Å². The molecule has 0 aliphatic carbocycles. The minimum atomic E-state index is -0.520. The molecule has 3 aromatic rings. The highest BCUT2D eigenvalue weighted by Crippen LogP contribution is 2.27. The lowest BCUT2D eigenvalue weighted by Crippen LogP contribution is -2.14. The molecule has 148 valence electrons. The molecule has 2 aromatic carbocycles. The van der Waals surface area contributed by atoms with E-state index in [-0.39, 0.29) is 5.91 Å². The van der Waals surface area contributed by atoms with E-state index >= 15 is 0 Å². The Hall–Kier alpha value is -3.48. The van der Waals surface area contributed by atoms with Crippen molar-refractivity contribution in [2.45, 2.75) is 39.2 Å². The molecule has 0 atom stereocenters. The molecule has 1 aliphatic heterocycles. The molecule has 1 aliphatic rings. The standard InChI is InChI=1S/C22H23N5O2/c1-14-6-7-17(21-26-25-19-5-3-2-4-12-27(19)21)13-18(14)24-22(29)16-10-8-15(9-11-16)20(23)28/h6-11,13H,2-5,12H2,1H3,(H2,23,28)(H,24,29). The van der Waals surface area contributed by atoms with Gasteiger partial charge in [0.25, 0.3) is 5.91 Å². The van der Waals surface area contributed by atoms with Crippen molar-refractivity contribution in [2.24, 2.45) is 5.73 Å². The van der Waals surface area contributed by atoms with E-state index in [0.717, 1.165) is 54.3 Å². The van der Waals surface area contributed by atoms with Crippen LogP contribution in [0.15, 0.2) is 42.5 Å². The van der Waals surface area contributed by atoms with Crippen molar-refractivity contribution in [3.63, 3.8) is 0 Å². The second-order valence-electron chi connectivity index (χ2n) is 7.33. The normalized spacial score (nSPS) is 13.4. The van der Waals surface area contributed by atoms with Crippen LogP contribution in [0.2, 0.25) is 0 Å². The van der Waals surface area contributed by atoms with Gasteiger partial charge in [0, 0.05) is 35.3 Å². The number of nitrogens with two attached hydrogens (primary N) is 1. The summed E-state index contributed by atoms with van der Waals surface area (Å²) in [6.45, 7) is 2.86. The fourth-order valence-corrected chi connectivity index (χ4v) is 3.57. The van der Waals surface area contributed by atoms with Gasteiger partial charge in [-0.15, -0.1) is 10.2 Å². The van der Waals surface area contributed by atoms with Crippen LogP contribution in [0.25, 0.3) is 11.4 Å². The number of primary amides is 1. The summed E-state index contributed by atoms with van der Waals surface area (Å²) in [5.74, 6) is 1.09. The summed E-state index contributed by atoms with van der Waals surface area (Å²) in [5, 5.41) is 11.7. The Bertz CT molecular complexity index is 1070. The van der Waals surface area contributed by atoms with Gasteiger partial charge in [-0.25, -0.2) is 0 Å². The highest BCUT2D eigenvalue weighted by Gasteiger charge is 2.17. The number of rotatable bonds is 4. The van der Waals surface area contributed by atoms with Crippen molar-refractivity contribution in [1.29, 1.82) is 0 Å². The molecule has 1 aromatic heterocycles. The van der Waals surface area contributed by atoms with Crippen molar-refractivity contribution >= 4 is 17.5 Å². The average Bonchev–Trinajstić information content (AvgIpc) is 2.97. The number of nitrogens with zero attached hydrogens (tertiary/aromatic N) is 3. The van der Waals surface area contributed by atoms with Crippen LogP contribution >= 0.6 is 0 Å². The molecule has 0 fully saturated rings. The minimum Gasteiger partial charge on any atom is -0.366 e. The summed E-state index contributed by atoms with van der Waals surface area (Å²) in [6, 6.07) is 12.2. The SMILES string of the molecule is Cc1ccc(-c2nnc3n2CCCCC3)cc1NC(=O)c1ccc(C(N)=O)cc1. The van der Waals surface area contributed by atoms with Gasteiger partial charge in [0.05, 0.1) is 0 Å². The number of aryl methyl sites for hydroxylation is 2. The molecule has 4 rings (SSSR count). The molecule has 0 saturated carbocycles. The van der Waals surface area contributed by atoms with Gasteiger partial charge in [-0.05, 0) is 55.7 Å². The lowest BCUT2D eigenvalue weighted by molar-refractivity contribution is 0.0995. The van der Waals surface area contributed by atoms with Crippen molar-refractivity contribution < 1.29 is 9.59 Å². The zero-order valence-corrected chi connectivity index (χ0v) is 16.3. The topological polar surface area (TPSA) is 103 Å². The number of hydrogen-bond donors (Lipinski definition) is 2. The molecule has 7 nitrogen and oxygen atoms in total. The maximum Gasteiger partial charge on any atom is 0.255 e. The first-order chi connectivity index (χ1) is 14.0. The van der Waals surface area contributed by atoms with Gasteiger partial charge < -0.3 is 15.6 Å². The van der Waals surface area contributed by atoms with Crippen LogP contribution in [-0.4, -0.2) is 26.6 Å². The smallest absolute Gasteiger partial charge is 0.255 e. The van der Waals surface area contributed by atoms with E-state index in [0.29, 0.717) is 11.1 Å². The van der Waals surface area contributed by atoms with Gasteiger partial charge in [-0.1, -0.05) is 18.6 Å². The summed E-state index contributed by atoms with van der Waals surface area (Å²) in [7, 11) is 0. The summed E-state index contributed by atoms with van der Waals surface area (Å²) in [6.07, 6.45) is 4.41. The second kappa shape index (κ2) is 7.87. The fraction of sp³-hybridized carbons (Fsp3) is 0.273. The number of aromatic nitrogens is 3. The zero-order valence-electron chi connectivity index (χ0n) is 16.3. The Morgan fingerprint density at radius 2 is 1.76 bits per heavy atom. The summed E-state index contributed by atoms with van der Waals surface area (Å²) in [5.41, 5.74) is 8.67. The van der Waals surface area contributed by atoms with Crippen LogP contribution in [0.3, 0.4) is 0 Å². The molecule has 0 saturated heterocycles. The van der Waals surface area contributed by atoms with Gasteiger partial charge in [0.2, 0.25) is 5.91 Å². The Kier molecular flexibility index (Phi) is 5.12. The van der Waals surface area contributed by atoms with Gasteiger partial charge in [-0.2, -0.15) is 0 Å². The van der Waals surface area contributed by atoms with E-state index in [1.54, 1.807) is 24.3 Å². The Morgan fingerprint density at radius 3 is 2.52 bits per heavy atom. The third-order valence-electron chi connectivity index (χ3n) is 5.29. The van der Waals surface area contributed by atoms with E-state index < -0.39 is 5.91 Å². The Balaban J connectivity index is 1.60. The molecule has 2 heterocycles. The number of fused-ring (bicyclic) bond motifs is 1. The van der Waals surface area contributed by atoms with Gasteiger partial charge >= 0.3 is 0 Å². The monoisotopic (exact) mass is 389 g/mol. The van der Waals surface area contributed by atoms with E-state index in [9.17, 15) is 9.59 Å². The van der Waals surface area contributed by atoms with Crippen LogP contribution in [0.5, 0.6) is 0 Å². The van der Waals surface area contributed by atoms with Crippen molar-refractivity contribution in [3.8, 4) is 11.4 Å². The number of hydrogen-bond acceptors (Lipinski definition) is 4. The molecule has 7 heteroatoms. The molecule has 0 spiro atoms. The average molecular weight is 389 g/mol. The third kappa shape index (κ3) is 3.89. The number of carbonyl (C=O) groups excluding carboxylic acids is 2. The van der Waals surface area contributed by atoms with Crippen LogP contribution in [-0.2, 0) is 13.0 Å². The number of benzene rings is 2. The molecular formula is C22H23N5O2. The predicted molar refractivity (Wildman–Crippen MR) is 111 cm³/mol. The maximum absolute atomic E-state index is 12.7. The first-order valence-electron chi connectivity index (χ1n) is 9.77. The van der Waals surface area contributed by atoms with Crippen molar-refractivity contribution in [3.05, 3.63) is 65.0 Å². The number of carbonyl (C=O) groups is 2. The first kappa shape index (κ1) is 18.9. The molecular weight excluding hydrogens is 366 g/mol. The maximum atomic E-state index is 12.7. The molecule has 3 N–H and O–H groups in total. The third-order valence-corrected chi connectivity index (χ3v) is 5.29. The van der Waals surface area contributed by atoms with E-state index in [4.69, 9.17) is 5.73 Å². The van der Waals surface area contributed by atoms with Gasteiger partial charge in [0.1, 0.15) is 5.82 Å². The molecule has 0 unspecified atom stereocenters. The van der Waals surface area contributed by atoms with Gasteiger partial charge in [-0.3, -0.25) is 9.59 Å². The summed E-state index contributed by atoms with van der Waals surface area (Å²) >= 11 is 0. The van der Waals surface area contributed by atoms with Crippen LogP contribution in [0.1, 0.15) is 51.4 Å². The number of nitrogens with one attached hydrogen (secondary N) is 1. The largest absolute Gasteiger partial charge is 0.366 e. The fourth-order valence-electron chi connectivity index (χ4n) is 3.57. The number of amides is 2. The van der Waals surface area contributed by atoms with Crippen molar-refractivity contribution in [1.82, 2.24) is 14.8 Å². The zero-order chi connectivity index (χ0) is 20.4. The first-order valence-corrected chi connectivity index (χ1v) is 9.77. The highest BCUT2D eigenvalue weighted by molar-refractivity contribution is 6.05. The molecule has 0 bridgehead atoms. The minimum absolute atomic E-state index is 0.249. The van der Waals surface area contributed by atoms with Crippen LogP contribution in [0.4, 0.5) is 5.69 Å². The molecule has 29 heavy (non-hydrogen) atoms. The van der Waals surface area contributed by atoms with E-state index in [1.165, 1.54) is 6.42 Å². The molecule has 2 amide bonds. The molecule has 0 radical (unpaired) electrons. The highest BCUT2D eigenvalue weighted by atomic mass is 16.2. The van der Waals surface area contributed by atoms with Crippen LogP contribution in [0, 0.1) is 6.92 Å². The number of anilines is 1. The predicted octanol–water partition coefficient (Wildman–Crippen LogP) is 3.33. The second-order valence-corrected chi connectivity index (χ2v) is 7.33. The van der Waals surface area contributed by atoms with Crippen molar-refractivity contribution in [2.75, 3.05) is 5.32 Å². The van der Waals surface area contributed by atoms with E-state index in [2.05, 4.69) is 20.1 Å². The Labute approximate surface area is 168 Å². The quantitative estimate of drug-likeness (QED) is 0.714. The Morgan fingerprint density at radius 1 is 1.00 bits per heavy atom.